The molecule has 0 unspecified atom stereocenters. The first kappa shape index (κ1) is 19.2. The number of fused-ring (bicyclic) bond motifs is 1. The lowest BCUT2D eigenvalue weighted by Gasteiger charge is -2.31. The fraction of sp³-hybridized carbons (Fsp3) is 0.350. The van der Waals surface area contributed by atoms with E-state index >= 15 is 0 Å². The van der Waals surface area contributed by atoms with Crippen molar-refractivity contribution in [1.29, 1.82) is 0 Å². The lowest BCUT2D eigenvalue weighted by Crippen LogP contribution is -2.37. The average molecular weight is 388 g/mol. The lowest BCUT2D eigenvalue weighted by molar-refractivity contribution is 0.0942. The number of methoxy groups -OCH3 is 1. The van der Waals surface area contributed by atoms with Crippen LogP contribution in [0.15, 0.2) is 47.4 Å². The molecule has 27 heavy (non-hydrogen) atoms. The number of anilines is 1. The van der Waals surface area contributed by atoms with E-state index in [1.165, 1.54) is 23.5 Å². The summed E-state index contributed by atoms with van der Waals surface area (Å²) >= 11 is 0. The highest BCUT2D eigenvalue weighted by Crippen LogP contribution is 2.34. The molecule has 0 spiro atoms. The van der Waals surface area contributed by atoms with E-state index in [1.54, 1.807) is 30.3 Å². The van der Waals surface area contributed by atoms with Crippen molar-refractivity contribution in [2.24, 2.45) is 0 Å². The Morgan fingerprint density at radius 1 is 1.15 bits per heavy atom. The Morgan fingerprint density at radius 2 is 1.85 bits per heavy atom. The van der Waals surface area contributed by atoms with Crippen LogP contribution in [-0.4, -0.2) is 34.0 Å². The summed E-state index contributed by atoms with van der Waals surface area (Å²) in [4.78, 5) is 12.7. The topological polar surface area (TPSA) is 75.7 Å². The Balaban J connectivity index is 2.02. The predicted molar refractivity (Wildman–Crippen MR) is 105 cm³/mol. The number of carbonyl (C=O) groups is 1. The molecule has 0 bridgehead atoms. The normalized spacial score (nSPS) is 14.0. The molecule has 3 rings (SSSR count). The molecule has 2 aromatic carbocycles. The van der Waals surface area contributed by atoms with Crippen LogP contribution in [0.25, 0.3) is 0 Å². The second-order valence-electron chi connectivity index (χ2n) is 6.79. The molecule has 7 heteroatoms. The zero-order chi connectivity index (χ0) is 19.6. The molecule has 144 valence electrons. The van der Waals surface area contributed by atoms with Gasteiger partial charge in [0.15, 0.2) is 0 Å². The number of hydrogen-bond donors (Lipinski definition) is 1. The Hall–Kier alpha value is -2.54. The molecule has 2 aromatic rings. The minimum atomic E-state index is -3.72. The molecule has 1 N–H and O–H groups in total. The van der Waals surface area contributed by atoms with E-state index in [9.17, 15) is 13.2 Å². The van der Waals surface area contributed by atoms with Gasteiger partial charge in [0.2, 0.25) is 0 Å². The molecule has 1 amide bonds. The average Bonchev–Trinajstić information content (AvgIpc) is 2.66. The highest BCUT2D eigenvalue weighted by Gasteiger charge is 2.31. The number of nitrogens with zero attached hydrogens (tertiary/aromatic N) is 1. The Kier molecular flexibility index (Phi) is 5.41. The van der Waals surface area contributed by atoms with E-state index in [2.05, 4.69) is 5.32 Å². The molecule has 0 aromatic heterocycles. The minimum Gasteiger partial charge on any atom is -0.497 e. The summed E-state index contributed by atoms with van der Waals surface area (Å²) in [6, 6.07) is 11.6. The van der Waals surface area contributed by atoms with E-state index in [1.807, 2.05) is 13.8 Å². The zero-order valence-electron chi connectivity index (χ0n) is 15.7. The van der Waals surface area contributed by atoms with E-state index in [-0.39, 0.29) is 16.8 Å². The van der Waals surface area contributed by atoms with Crippen molar-refractivity contribution < 1.29 is 17.9 Å². The standard InChI is InChI=1S/C20H24N2O4S/c1-14(2)21-20(23)18-6-4-8-19-17(18)7-5-13-22(19)27(24,25)16-11-9-15(26-3)10-12-16/h4,6,8-12,14H,5,7,13H2,1-3H3,(H,21,23). The minimum absolute atomic E-state index is 0.0103. The van der Waals surface area contributed by atoms with Crippen molar-refractivity contribution in [3.05, 3.63) is 53.6 Å². The number of hydrogen-bond acceptors (Lipinski definition) is 4. The highest BCUT2D eigenvalue weighted by molar-refractivity contribution is 7.92. The van der Waals surface area contributed by atoms with Crippen molar-refractivity contribution in [2.75, 3.05) is 18.0 Å². The summed E-state index contributed by atoms with van der Waals surface area (Å²) in [7, 11) is -2.18. The summed E-state index contributed by atoms with van der Waals surface area (Å²) in [6.07, 6.45) is 1.33. The van der Waals surface area contributed by atoms with E-state index < -0.39 is 10.0 Å². The predicted octanol–water partition coefficient (Wildman–Crippen LogP) is 2.97. The molecular formula is C20H24N2O4S. The number of nitrogens with one attached hydrogen (secondary N) is 1. The fourth-order valence-corrected chi connectivity index (χ4v) is 4.80. The largest absolute Gasteiger partial charge is 0.497 e. The summed E-state index contributed by atoms with van der Waals surface area (Å²) in [5.41, 5.74) is 1.89. The van der Waals surface area contributed by atoms with Gasteiger partial charge in [0.25, 0.3) is 15.9 Å². The maximum absolute atomic E-state index is 13.2. The monoisotopic (exact) mass is 388 g/mol. The van der Waals surface area contributed by atoms with Gasteiger partial charge >= 0.3 is 0 Å². The quantitative estimate of drug-likeness (QED) is 0.854. The molecule has 0 radical (unpaired) electrons. The molecule has 1 aliphatic heterocycles. The maximum atomic E-state index is 13.2. The summed E-state index contributed by atoms with van der Waals surface area (Å²) in [5.74, 6) is 0.422. The van der Waals surface area contributed by atoms with Crippen molar-refractivity contribution in [3.63, 3.8) is 0 Å². The number of amides is 1. The smallest absolute Gasteiger partial charge is 0.264 e. The molecule has 1 aliphatic rings. The van der Waals surface area contributed by atoms with Gasteiger partial charge in [-0.2, -0.15) is 0 Å². The van der Waals surface area contributed by atoms with E-state index in [0.717, 1.165) is 5.56 Å². The van der Waals surface area contributed by atoms with Gasteiger partial charge in [-0.05, 0) is 68.7 Å². The SMILES string of the molecule is COc1ccc(S(=O)(=O)N2CCCc3c(C(=O)NC(C)C)cccc32)cc1. The Bertz CT molecular complexity index is 937. The van der Waals surface area contributed by atoms with Gasteiger partial charge in [0.05, 0.1) is 17.7 Å². The number of rotatable bonds is 5. The van der Waals surface area contributed by atoms with Crippen molar-refractivity contribution >= 4 is 21.6 Å². The summed E-state index contributed by atoms with van der Waals surface area (Å²) in [6.45, 7) is 4.18. The van der Waals surface area contributed by atoms with Gasteiger partial charge in [-0.1, -0.05) is 6.07 Å². The number of carbonyl (C=O) groups excluding carboxylic acids is 1. The van der Waals surface area contributed by atoms with Crippen molar-refractivity contribution in [3.8, 4) is 5.75 Å². The number of benzene rings is 2. The third-order valence-electron chi connectivity index (χ3n) is 4.52. The maximum Gasteiger partial charge on any atom is 0.264 e. The number of sulfonamides is 1. The van der Waals surface area contributed by atoms with Crippen LogP contribution in [0, 0.1) is 0 Å². The van der Waals surface area contributed by atoms with Crippen LogP contribution in [0.3, 0.4) is 0 Å². The molecule has 6 nitrogen and oxygen atoms in total. The molecule has 0 saturated heterocycles. The van der Waals surface area contributed by atoms with Crippen LogP contribution in [-0.2, 0) is 16.4 Å². The van der Waals surface area contributed by atoms with Gasteiger partial charge in [0.1, 0.15) is 5.75 Å². The molecular weight excluding hydrogens is 364 g/mol. The van der Waals surface area contributed by atoms with Gasteiger partial charge in [-0.3, -0.25) is 9.10 Å². The van der Waals surface area contributed by atoms with Crippen LogP contribution in [0.5, 0.6) is 5.75 Å². The molecule has 0 fully saturated rings. The van der Waals surface area contributed by atoms with Crippen LogP contribution < -0.4 is 14.4 Å². The lowest BCUT2D eigenvalue weighted by atomic mass is 9.97. The molecule has 1 heterocycles. The van der Waals surface area contributed by atoms with Crippen LogP contribution in [0.2, 0.25) is 0 Å². The third kappa shape index (κ3) is 3.78. The molecule has 0 atom stereocenters. The Labute approximate surface area is 160 Å². The second-order valence-corrected chi connectivity index (χ2v) is 8.65. The zero-order valence-corrected chi connectivity index (χ0v) is 16.5. The summed E-state index contributed by atoms with van der Waals surface area (Å²) < 4.78 is 32.9. The van der Waals surface area contributed by atoms with Gasteiger partial charge in [0, 0.05) is 18.2 Å². The highest BCUT2D eigenvalue weighted by atomic mass is 32.2. The first-order valence-corrected chi connectivity index (χ1v) is 10.4. The van der Waals surface area contributed by atoms with Crippen LogP contribution in [0.4, 0.5) is 5.69 Å². The first-order chi connectivity index (χ1) is 12.8. The molecule has 0 aliphatic carbocycles. The van der Waals surface area contributed by atoms with Crippen molar-refractivity contribution in [2.45, 2.75) is 37.6 Å². The van der Waals surface area contributed by atoms with Crippen LogP contribution >= 0.6 is 0 Å². The van der Waals surface area contributed by atoms with Crippen molar-refractivity contribution in [1.82, 2.24) is 5.32 Å². The first-order valence-electron chi connectivity index (χ1n) is 8.94. The number of ether oxygens (including phenoxy) is 1. The van der Waals surface area contributed by atoms with Crippen LogP contribution in [0.1, 0.15) is 36.2 Å². The third-order valence-corrected chi connectivity index (χ3v) is 6.35. The second kappa shape index (κ2) is 7.60. The fourth-order valence-electron chi connectivity index (χ4n) is 3.27. The Morgan fingerprint density at radius 3 is 2.48 bits per heavy atom. The van der Waals surface area contributed by atoms with E-state index in [4.69, 9.17) is 4.74 Å². The van der Waals surface area contributed by atoms with Gasteiger partial charge in [-0.15, -0.1) is 0 Å². The van der Waals surface area contributed by atoms with Gasteiger partial charge in [-0.25, -0.2) is 8.42 Å². The van der Waals surface area contributed by atoms with E-state index in [0.29, 0.717) is 36.4 Å². The van der Waals surface area contributed by atoms with Gasteiger partial charge < -0.3 is 10.1 Å². The summed E-state index contributed by atoms with van der Waals surface area (Å²) in [5, 5.41) is 2.89. The molecule has 0 saturated carbocycles.